The molecule has 21 heavy (non-hydrogen) atoms. The first-order valence-corrected chi connectivity index (χ1v) is 8.55. The van der Waals surface area contributed by atoms with E-state index in [0.717, 1.165) is 18.7 Å². The van der Waals surface area contributed by atoms with Gasteiger partial charge in [0, 0.05) is 18.0 Å². The highest BCUT2D eigenvalue weighted by Crippen LogP contribution is 2.48. The fraction of sp³-hybridized carbons (Fsp3) is 0.684. The van der Waals surface area contributed by atoms with Crippen LogP contribution in [0.3, 0.4) is 0 Å². The summed E-state index contributed by atoms with van der Waals surface area (Å²) in [6.45, 7) is 8.02. The predicted molar refractivity (Wildman–Crippen MR) is 87.7 cm³/mol. The van der Waals surface area contributed by atoms with Crippen molar-refractivity contribution in [1.29, 1.82) is 0 Å². The van der Waals surface area contributed by atoms with Crippen LogP contribution in [0.5, 0.6) is 5.75 Å². The average Bonchev–Trinajstić information content (AvgIpc) is 2.59. The van der Waals surface area contributed by atoms with Crippen molar-refractivity contribution in [3.05, 3.63) is 29.8 Å². The minimum atomic E-state index is 0.0506. The molecular formula is C19H29NO. The van der Waals surface area contributed by atoms with Crippen LogP contribution in [0.2, 0.25) is 0 Å². The Hall–Kier alpha value is -1.02. The molecule has 2 unspecified atom stereocenters. The van der Waals surface area contributed by atoms with Crippen molar-refractivity contribution in [3.8, 4) is 5.75 Å². The van der Waals surface area contributed by atoms with Crippen molar-refractivity contribution in [2.75, 3.05) is 6.54 Å². The van der Waals surface area contributed by atoms with Gasteiger partial charge in [0.2, 0.25) is 0 Å². The van der Waals surface area contributed by atoms with E-state index >= 15 is 0 Å². The van der Waals surface area contributed by atoms with Crippen LogP contribution in [0.1, 0.15) is 70.9 Å². The third kappa shape index (κ3) is 3.11. The molecule has 1 aliphatic carbocycles. The Bertz CT molecular complexity index is 496. The second-order valence-electron chi connectivity index (χ2n) is 7.66. The van der Waals surface area contributed by atoms with Crippen molar-refractivity contribution < 1.29 is 4.74 Å². The van der Waals surface area contributed by atoms with E-state index in [9.17, 15) is 0 Å². The zero-order valence-electron chi connectivity index (χ0n) is 13.7. The summed E-state index contributed by atoms with van der Waals surface area (Å²) < 4.78 is 6.57. The first-order chi connectivity index (χ1) is 10.0. The smallest absolute Gasteiger partial charge is 0.124 e. The highest BCUT2D eigenvalue weighted by Gasteiger charge is 2.43. The number of para-hydroxylation sites is 1. The van der Waals surface area contributed by atoms with Crippen LogP contribution in [0.15, 0.2) is 24.3 Å². The number of fused-ring (bicyclic) bond motifs is 1. The maximum atomic E-state index is 6.57. The third-order valence-corrected chi connectivity index (χ3v) is 5.39. The number of hydrogen-bond donors (Lipinski definition) is 1. The molecule has 1 N–H and O–H groups in total. The Morgan fingerprint density at radius 2 is 1.95 bits per heavy atom. The summed E-state index contributed by atoms with van der Waals surface area (Å²) in [7, 11) is 0. The fourth-order valence-corrected chi connectivity index (χ4v) is 4.06. The number of nitrogens with one attached hydrogen (secondary N) is 1. The molecule has 1 aromatic rings. The van der Waals surface area contributed by atoms with E-state index in [2.05, 4.69) is 50.4 Å². The molecule has 2 atom stereocenters. The maximum absolute atomic E-state index is 6.57. The normalized spacial score (nSPS) is 31.3. The zero-order valence-corrected chi connectivity index (χ0v) is 13.7. The van der Waals surface area contributed by atoms with E-state index in [0.29, 0.717) is 11.5 Å². The SMILES string of the molecule is CCNC1CC2(CCCC(C)(C)CC2)Oc2ccccc21. The van der Waals surface area contributed by atoms with E-state index in [4.69, 9.17) is 4.74 Å². The Balaban J connectivity index is 1.88. The third-order valence-electron chi connectivity index (χ3n) is 5.39. The second-order valence-corrected chi connectivity index (χ2v) is 7.66. The summed E-state index contributed by atoms with van der Waals surface area (Å²) in [5.74, 6) is 1.11. The summed E-state index contributed by atoms with van der Waals surface area (Å²) in [5.41, 5.74) is 1.86. The highest BCUT2D eigenvalue weighted by atomic mass is 16.5. The van der Waals surface area contributed by atoms with Crippen molar-refractivity contribution in [2.45, 2.75) is 70.9 Å². The first kappa shape index (κ1) is 14.9. The maximum Gasteiger partial charge on any atom is 0.124 e. The van der Waals surface area contributed by atoms with Gasteiger partial charge in [-0.15, -0.1) is 0 Å². The van der Waals surface area contributed by atoms with Gasteiger partial charge in [-0.25, -0.2) is 0 Å². The Labute approximate surface area is 129 Å². The standard InChI is InChI=1S/C19H29NO/c1-4-20-16-14-19(11-7-10-18(2,3)12-13-19)21-17-9-6-5-8-15(16)17/h5-6,8-9,16,20H,4,7,10-14H2,1-3H3. The molecule has 0 radical (unpaired) electrons. The van der Waals surface area contributed by atoms with Gasteiger partial charge < -0.3 is 10.1 Å². The summed E-state index contributed by atoms with van der Waals surface area (Å²) in [6, 6.07) is 9.04. The quantitative estimate of drug-likeness (QED) is 0.839. The first-order valence-electron chi connectivity index (χ1n) is 8.55. The number of rotatable bonds is 2. The molecule has 1 aromatic carbocycles. The monoisotopic (exact) mass is 287 g/mol. The van der Waals surface area contributed by atoms with Gasteiger partial charge in [0.25, 0.3) is 0 Å². The lowest BCUT2D eigenvalue weighted by Gasteiger charge is -2.42. The second kappa shape index (κ2) is 5.64. The van der Waals surface area contributed by atoms with Gasteiger partial charge >= 0.3 is 0 Å². The molecule has 0 bridgehead atoms. The molecule has 2 aliphatic rings. The average molecular weight is 287 g/mol. The van der Waals surface area contributed by atoms with Gasteiger partial charge in [0.15, 0.2) is 0 Å². The molecule has 1 saturated carbocycles. The van der Waals surface area contributed by atoms with E-state index in [1.807, 2.05) is 0 Å². The van der Waals surface area contributed by atoms with Crippen LogP contribution in [0.4, 0.5) is 0 Å². The van der Waals surface area contributed by atoms with Crippen LogP contribution < -0.4 is 10.1 Å². The number of ether oxygens (including phenoxy) is 1. The fourth-order valence-electron chi connectivity index (χ4n) is 4.06. The molecule has 0 aromatic heterocycles. The predicted octanol–water partition coefficient (Wildman–Crippen LogP) is 4.85. The van der Waals surface area contributed by atoms with Crippen molar-refractivity contribution in [2.24, 2.45) is 5.41 Å². The van der Waals surface area contributed by atoms with Crippen molar-refractivity contribution in [1.82, 2.24) is 5.32 Å². The Kier molecular flexibility index (Phi) is 4.00. The van der Waals surface area contributed by atoms with Crippen LogP contribution in [0, 0.1) is 5.41 Å². The van der Waals surface area contributed by atoms with Crippen LogP contribution in [-0.2, 0) is 0 Å². The topological polar surface area (TPSA) is 21.3 Å². The molecule has 2 heteroatoms. The largest absolute Gasteiger partial charge is 0.487 e. The lowest BCUT2D eigenvalue weighted by Crippen LogP contribution is -2.44. The highest BCUT2D eigenvalue weighted by molar-refractivity contribution is 5.39. The van der Waals surface area contributed by atoms with E-state index < -0.39 is 0 Å². The van der Waals surface area contributed by atoms with Gasteiger partial charge in [0.1, 0.15) is 11.4 Å². The molecule has 116 valence electrons. The lowest BCUT2D eigenvalue weighted by atomic mass is 9.80. The minimum Gasteiger partial charge on any atom is -0.487 e. The van der Waals surface area contributed by atoms with Crippen LogP contribution in [0.25, 0.3) is 0 Å². The summed E-state index contributed by atoms with van der Waals surface area (Å²) in [4.78, 5) is 0. The van der Waals surface area contributed by atoms with Gasteiger partial charge in [-0.2, -0.15) is 0 Å². The summed E-state index contributed by atoms with van der Waals surface area (Å²) in [5, 5.41) is 3.67. The van der Waals surface area contributed by atoms with Crippen molar-refractivity contribution >= 4 is 0 Å². The minimum absolute atomic E-state index is 0.0506. The van der Waals surface area contributed by atoms with Gasteiger partial charge in [-0.05, 0) is 50.1 Å². The van der Waals surface area contributed by atoms with Crippen LogP contribution >= 0.6 is 0 Å². The molecule has 1 aliphatic heterocycles. The summed E-state index contributed by atoms with van der Waals surface area (Å²) >= 11 is 0. The van der Waals surface area contributed by atoms with Gasteiger partial charge in [0.05, 0.1) is 0 Å². The van der Waals surface area contributed by atoms with Crippen molar-refractivity contribution in [3.63, 3.8) is 0 Å². The molecule has 0 amide bonds. The molecule has 0 saturated heterocycles. The van der Waals surface area contributed by atoms with E-state index in [-0.39, 0.29) is 5.60 Å². The number of benzene rings is 1. The molecule has 1 spiro atoms. The number of hydrogen-bond acceptors (Lipinski definition) is 2. The Morgan fingerprint density at radius 1 is 1.14 bits per heavy atom. The molecule has 3 rings (SSSR count). The van der Waals surface area contributed by atoms with E-state index in [1.54, 1.807) is 0 Å². The van der Waals surface area contributed by atoms with E-state index in [1.165, 1.54) is 37.7 Å². The molecule has 1 fully saturated rings. The summed E-state index contributed by atoms with van der Waals surface area (Å²) in [6.07, 6.45) is 7.39. The van der Waals surface area contributed by atoms with Crippen LogP contribution in [-0.4, -0.2) is 12.1 Å². The lowest BCUT2D eigenvalue weighted by molar-refractivity contribution is 0.0140. The van der Waals surface area contributed by atoms with Gasteiger partial charge in [-0.3, -0.25) is 0 Å². The van der Waals surface area contributed by atoms with Gasteiger partial charge in [-0.1, -0.05) is 39.0 Å². The molecule has 1 heterocycles. The zero-order chi connectivity index (χ0) is 14.9. The molecular weight excluding hydrogens is 258 g/mol. The molecule has 2 nitrogen and oxygen atoms in total. The Morgan fingerprint density at radius 3 is 2.76 bits per heavy atom.